The van der Waals surface area contributed by atoms with Crippen LogP contribution in [0.4, 0.5) is 0 Å². The van der Waals surface area contributed by atoms with Crippen LogP contribution in [0.15, 0.2) is 24.4 Å². The molecule has 0 bridgehead atoms. The molecule has 1 aromatic heterocycles. The third kappa shape index (κ3) is 1.32. The Balaban J connectivity index is 2.19. The summed E-state index contributed by atoms with van der Waals surface area (Å²) >= 11 is 0. The molecule has 4 heteroatoms. The van der Waals surface area contributed by atoms with Gasteiger partial charge in [-0.2, -0.15) is 0 Å². The minimum atomic E-state index is 0.111. The van der Waals surface area contributed by atoms with Crippen LogP contribution in [0.1, 0.15) is 11.7 Å². The SMILES string of the molecule is NC1CNNC1c1ccccn1. The Bertz CT molecular complexity index is 248. The average molecular weight is 164 g/mol. The number of pyridine rings is 1. The van der Waals surface area contributed by atoms with Crippen molar-refractivity contribution in [2.75, 3.05) is 6.54 Å². The van der Waals surface area contributed by atoms with Crippen molar-refractivity contribution in [2.45, 2.75) is 12.1 Å². The molecule has 1 fully saturated rings. The Labute approximate surface area is 71.1 Å². The van der Waals surface area contributed by atoms with Crippen LogP contribution < -0.4 is 16.6 Å². The van der Waals surface area contributed by atoms with Gasteiger partial charge in [0.25, 0.3) is 0 Å². The molecule has 0 aromatic carbocycles. The third-order valence-corrected chi connectivity index (χ3v) is 2.03. The maximum absolute atomic E-state index is 5.85. The predicted molar refractivity (Wildman–Crippen MR) is 46.1 cm³/mol. The molecule has 2 atom stereocenters. The van der Waals surface area contributed by atoms with Crippen LogP contribution in [0.5, 0.6) is 0 Å². The van der Waals surface area contributed by atoms with Crippen molar-refractivity contribution in [3.05, 3.63) is 30.1 Å². The molecule has 12 heavy (non-hydrogen) atoms. The monoisotopic (exact) mass is 164 g/mol. The van der Waals surface area contributed by atoms with Crippen LogP contribution in [-0.4, -0.2) is 17.6 Å². The molecule has 2 unspecified atom stereocenters. The summed E-state index contributed by atoms with van der Waals surface area (Å²) in [6, 6.07) is 6.10. The lowest BCUT2D eigenvalue weighted by molar-refractivity contribution is 0.538. The summed E-state index contributed by atoms with van der Waals surface area (Å²) in [5, 5.41) is 0. The van der Waals surface area contributed by atoms with E-state index >= 15 is 0 Å². The first-order chi connectivity index (χ1) is 5.88. The Hall–Kier alpha value is -0.970. The number of nitrogens with one attached hydrogen (secondary N) is 2. The first-order valence-corrected chi connectivity index (χ1v) is 4.03. The van der Waals surface area contributed by atoms with Crippen molar-refractivity contribution in [3.8, 4) is 0 Å². The van der Waals surface area contributed by atoms with Crippen LogP contribution in [0.2, 0.25) is 0 Å². The highest BCUT2D eigenvalue weighted by Crippen LogP contribution is 2.14. The number of nitrogens with two attached hydrogens (primary N) is 1. The summed E-state index contributed by atoms with van der Waals surface area (Å²) in [6.07, 6.45) is 1.78. The summed E-state index contributed by atoms with van der Waals surface area (Å²) in [5.41, 5.74) is 12.9. The Morgan fingerprint density at radius 2 is 2.42 bits per heavy atom. The summed E-state index contributed by atoms with van der Waals surface area (Å²) < 4.78 is 0. The zero-order valence-corrected chi connectivity index (χ0v) is 6.70. The second-order valence-electron chi connectivity index (χ2n) is 2.92. The maximum atomic E-state index is 5.85. The smallest absolute Gasteiger partial charge is 0.0798 e. The summed E-state index contributed by atoms with van der Waals surface area (Å²) in [5.74, 6) is 0. The fraction of sp³-hybridized carbons (Fsp3) is 0.375. The molecule has 4 nitrogen and oxygen atoms in total. The van der Waals surface area contributed by atoms with Crippen molar-refractivity contribution < 1.29 is 0 Å². The number of hydrazine groups is 1. The van der Waals surface area contributed by atoms with E-state index in [0.29, 0.717) is 0 Å². The highest BCUT2D eigenvalue weighted by molar-refractivity contribution is 5.12. The summed E-state index contributed by atoms with van der Waals surface area (Å²) in [7, 11) is 0. The van der Waals surface area contributed by atoms with Gasteiger partial charge in [0.2, 0.25) is 0 Å². The quantitative estimate of drug-likeness (QED) is 0.526. The van der Waals surface area contributed by atoms with Crippen LogP contribution in [-0.2, 0) is 0 Å². The number of nitrogens with zero attached hydrogens (tertiary/aromatic N) is 1. The van der Waals surface area contributed by atoms with Crippen LogP contribution in [0.3, 0.4) is 0 Å². The predicted octanol–water partition coefficient (Wildman–Crippen LogP) is -0.442. The van der Waals surface area contributed by atoms with Crippen molar-refractivity contribution >= 4 is 0 Å². The zero-order chi connectivity index (χ0) is 8.39. The van der Waals surface area contributed by atoms with E-state index in [1.165, 1.54) is 0 Å². The normalized spacial score (nSPS) is 29.1. The van der Waals surface area contributed by atoms with Gasteiger partial charge >= 0.3 is 0 Å². The molecule has 2 heterocycles. The van der Waals surface area contributed by atoms with E-state index < -0.39 is 0 Å². The highest BCUT2D eigenvalue weighted by atomic mass is 15.4. The topological polar surface area (TPSA) is 63.0 Å². The molecule has 1 aliphatic rings. The first-order valence-electron chi connectivity index (χ1n) is 4.03. The molecule has 0 saturated carbocycles. The lowest BCUT2D eigenvalue weighted by Gasteiger charge is -2.12. The number of hydrogen-bond donors (Lipinski definition) is 3. The molecule has 0 radical (unpaired) electrons. The highest BCUT2D eigenvalue weighted by Gasteiger charge is 2.25. The van der Waals surface area contributed by atoms with Gasteiger partial charge in [-0.15, -0.1) is 0 Å². The lowest BCUT2D eigenvalue weighted by Crippen LogP contribution is -2.30. The van der Waals surface area contributed by atoms with Gasteiger partial charge in [0.1, 0.15) is 0 Å². The standard InChI is InChI=1S/C8H12N4/c9-6-5-11-12-8(6)7-3-1-2-4-10-7/h1-4,6,8,11-12H,5,9H2. The molecular weight excluding hydrogens is 152 g/mol. The Kier molecular flexibility index (Phi) is 2.03. The minimum Gasteiger partial charge on any atom is -0.325 e. The van der Waals surface area contributed by atoms with Gasteiger partial charge in [0, 0.05) is 18.8 Å². The first kappa shape index (κ1) is 7.67. The second-order valence-corrected chi connectivity index (χ2v) is 2.92. The lowest BCUT2D eigenvalue weighted by atomic mass is 10.1. The van der Waals surface area contributed by atoms with E-state index in [2.05, 4.69) is 15.8 Å². The van der Waals surface area contributed by atoms with Gasteiger partial charge in [-0.3, -0.25) is 10.4 Å². The van der Waals surface area contributed by atoms with Crippen molar-refractivity contribution in [3.63, 3.8) is 0 Å². The van der Waals surface area contributed by atoms with E-state index in [9.17, 15) is 0 Å². The maximum Gasteiger partial charge on any atom is 0.0798 e. The van der Waals surface area contributed by atoms with Gasteiger partial charge in [0.15, 0.2) is 0 Å². The zero-order valence-electron chi connectivity index (χ0n) is 6.70. The third-order valence-electron chi connectivity index (χ3n) is 2.03. The van der Waals surface area contributed by atoms with Gasteiger partial charge in [0.05, 0.1) is 11.7 Å². The van der Waals surface area contributed by atoms with Gasteiger partial charge < -0.3 is 5.73 Å². The number of hydrogen-bond acceptors (Lipinski definition) is 4. The van der Waals surface area contributed by atoms with E-state index in [1.54, 1.807) is 6.20 Å². The molecule has 0 aliphatic carbocycles. The van der Waals surface area contributed by atoms with Crippen molar-refractivity contribution in [2.24, 2.45) is 5.73 Å². The van der Waals surface area contributed by atoms with Gasteiger partial charge in [-0.25, -0.2) is 5.43 Å². The molecule has 1 saturated heterocycles. The van der Waals surface area contributed by atoms with E-state index in [-0.39, 0.29) is 12.1 Å². The van der Waals surface area contributed by atoms with Crippen molar-refractivity contribution in [1.29, 1.82) is 0 Å². The molecule has 1 aliphatic heterocycles. The Morgan fingerprint density at radius 3 is 3.00 bits per heavy atom. The number of rotatable bonds is 1. The molecule has 0 amide bonds. The van der Waals surface area contributed by atoms with Gasteiger partial charge in [-0.05, 0) is 12.1 Å². The largest absolute Gasteiger partial charge is 0.325 e. The van der Waals surface area contributed by atoms with Crippen LogP contribution in [0.25, 0.3) is 0 Å². The molecule has 0 spiro atoms. The Morgan fingerprint density at radius 1 is 1.50 bits per heavy atom. The molecule has 1 aromatic rings. The summed E-state index contributed by atoms with van der Waals surface area (Å²) in [6.45, 7) is 0.793. The van der Waals surface area contributed by atoms with E-state index in [1.807, 2.05) is 18.2 Å². The molecule has 4 N–H and O–H groups in total. The van der Waals surface area contributed by atoms with E-state index in [0.717, 1.165) is 12.2 Å². The minimum absolute atomic E-state index is 0.111. The van der Waals surface area contributed by atoms with Crippen molar-refractivity contribution in [1.82, 2.24) is 15.8 Å². The summed E-state index contributed by atoms with van der Waals surface area (Å²) in [4.78, 5) is 4.23. The van der Waals surface area contributed by atoms with E-state index in [4.69, 9.17) is 5.73 Å². The second kappa shape index (κ2) is 3.18. The van der Waals surface area contributed by atoms with Crippen LogP contribution in [0, 0.1) is 0 Å². The van der Waals surface area contributed by atoms with Crippen LogP contribution >= 0.6 is 0 Å². The average Bonchev–Trinajstić information content (AvgIpc) is 2.53. The fourth-order valence-corrected chi connectivity index (χ4v) is 1.36. The molecule has 64 valence electrons. The number of aromatic nitrogens is 1. The fourth-order valence-electron chi connectivity index (χ4n) is 1.36. The van der Waals surface area contributed by atoms with Gasteiger partial charge in [-0.1, -0.05) is 6.07 Å². The molecular formula is C8H12N4. The molecule has 2 rings (SSSR count).